The summed E-state index contributed by atoms with van der Waals surface area (Å²) in [5.41, 5.74) is 0.796. The van der Waals surface area contributed by atoms with Gasteiger partial charge in [-0.15, -0.1) is 0 Å². The van der Waals surface area contributed by atoms with E-state index in [1.54, 1.807) is 6.92 Å². The number of Topliss-reactive ketones (excluding diaryl/α,β-unsaturated/α-hetero) is 1. The van der Waals surface area contributed by atoms with E-state index in [2.05, 4.69) is 32.9 Å². The largest absolute Gasteiger partial charge is 0.392 e. The van der Waals surface area contributed by atoms with Crippen molar-refractivity contribution in [3.63, 3.8) is 0 Å². The zero-order valence-corrected chi connectivity index (χ0v) is 15.0. The van der Waals surface area contributed by atoms with Crippen molar-refractivity contribution < 1.29 is 20.1 Å². The molecule has 0 saturated heterocycles. The van der Waals surface area contributed by atoms with E-state index in [0.29, 0.717) is 5.92 Å². The van der Waals surface area contributed by atoms with Gasteiger partial charge >= 0.3 is 0 Å². The second-order valence-electron chi connectivity index (χ2n) is 6.89. The predicted molar refractivity (Wildman–Crippen MR) is 96.3 cm³/mol. The number of carbonyl (C=O) groups excluding carboxylic acids is 1. The molecular formula is C20H30O4. The van der Waals surface area contributed by atoms with Gasteiger partial charge in [0.1, 0.15) is 6.10 Å². The fraction of sp³-hybridized carbons (Fsp3) is 0.550. The van der Waals surface area contributed by atoms with E-state index in [9.17, 15) is 15.0 Å². The monoisotopic (exact) mass is 334 g/mol. The van der Waals surface area contributed by atoms with Gasteiger partial charge in [0, 0.05) is 11.5 Å². The highest BCUT2D eigenvalue weighted by Crippen LogP contribution is 2.28. The normalized spacial score (nSPS) is 27.3. The molecule has 0 radical (unpaired) electrons. The highest BCUT2D eigenvalue weighted by atomic mass is 16.3. The lowest BCUT2D eigenvalue weighted by molar-refractivity contribution is -0.128. The Balaban J connectivity index is 2.75. The van der Waals surface area contributed by atoms with E-state index in [4.69, 9.17) is 5.11 Å². The molecule has 0 bridgehead atoms. The highest BCUT2D eigenvalue weighted by molar-refractivity contribution is 6.00. The van der Waals surface area contributed by atoms with Crippen LogP contribution in [0.25, 0.3) is 0 Å². The first-order chi connectivity index (χ1) is 11.3. The summed E-state index contributed by atoms with van der Waals surface area (Å²) in [5.74, 6) is -0.265. The Kier molecular flexibility index (Phi) is 8.32. The van der Waals surface area contributed by atoms with E-state index in [1.165, 1.54) is 6.08 Å². The number of rotatable bonds is 7. The van der Waals surface area contributed by atoms with Crippen LogP contribution in [0.5, 0.6) is 0 Å². The van der Waals surface area contributed by atoms with Crippen molar-refractivity contribution in [3.8, 4) is 0 Å². The molecule has 0 aromatic carbocycles. The Morgan fingerprint density at radius 2 is 1.92 bits per heavy atom. The van der Waals surface area contributed by atoms with Crippen molar-refractivity contribution in [1.82, 2.24) is 0 Å². The molecule has 4 unspecified atom stereocenters. The fourth-order valence-electron chi connectivity index (χ4n) is 2.70. The second-order valence-corrected chi connectivity index (χ2v) is 6.89. The summed E-state index contributed by atoms with van der Waals surface area (Å²) in [6, 6.07) is 0. The summed E-state index contributed by atoms with van der Waals surface area (Å²) >= 11 is 0. The number of allylic oxidation sites excluding steroid dienone is 5. The Hall–Kier alpha value is -1.49. The number of carbonyl (C=O) groups is 1. The summed E-state index contributed by atoms with van der Waals surface area (Å²) < 4.78 is 0. The SMILES string of the molecule is CC(=CC=CC(C)C=CCC(C)C)C1C(O)C=C(CO)C(=O)C1O. The van der Waals surface area contributed by atoms with Crippen LogP contribution in [-0.4, -0.2) is 39.9 Å². The first-order valence-electron chi connectivity index (χ1n) is 8.51. The highest BCUT2D eigenvalue weighted by Gasteiger charge is 2.37. The van der Waals surface area contributed by atoms with Crippen molar-refractivity contribution in [2.24, 2.45) is 17.8 Å². The smallest absolute Gasteiger partial charge is 0.190 e. The van der Waals surface area contributed by atoms with Gasteiger partial charge in [-0.3, -0.25) is 4.79 Å². The maximum Gasteiger partial charge on any atom is 0.190 e. The van der Waals surface area contributed by atoms with Gasteiger partial charge < -0.3 is 15.3 Å². The Labute approximate surface area is 144 Å². The van der Waals surface area contributed by atoms with Gasteiger partial charge in [0.15, 0.2) is 5.78 Å². The summed E-state index contributed by atoms with van der Waals surface area (Å²) in [6.07, 6.45) is 10.1. The number of hydrogen-bond donors (Lipinski definition) is 3. The van der Waals surface area contributed by atoms with Crippen LogP contribution in [0.1, 0.15) is 34.1 Å². The lowest BCUT2D eigenvalue weighted by Gasteiger charge is -2.30. The Morgan fingerprint density at radius 1 is 1.25 bits per heavy atom. The van der Waals surface area contributed by atoms with Gasteiger partial charge in [0.25, 0.3) is 0 Å². The summed E-state index contributed by atoms with van der Waals surface area (Å²) in [4.78, 5) is 11.9. The Morgan fingerprint density at radius 3 is 2.50 bits per heavy atom. The number of hydrogen-bond acceptors (Lipinski definition) is 4. The van der Waals surface area contributed by atoms with Gasteiger partial charge in [0.05, 0.1) is 12.7 Å². The van der Waals surface area contributed by atoms with Crippen molar-refractivity contribution in [2.45, 2.75) is 46.3 Å². The third-order valence-electron chi connectivity index (χ3n) is 4.18. The molecule has 1 rings (SSSR count). The van der Waals surface area contributed by atoms with Gasteiger partial charge in [-0.05, 0) is 31.3 Å². The summed E-state index contributed by atoms with van der Waals surface area (Å²) in [6.45, 7) is 7.75. The molecule has 0 heterocycles. The molecule has 4 atom stereocenters. The minimum atomic E-state index is -1.32. The van der Waals surface area contributed by atoms with Gasteiger partial charge in [-0.25, -0.2) is 0 Å². The third kappa shape index (κ3) is 5.86. The standard InChI is InChI=1S/C20H30O4/c1-13(2)7-5-8-14(3)9-6-10-15(4)18-17(22)11-16(12-21)19(23)20(18)24/h5-6,8-11,13-14,17-18,20-22,24H,7,12H2,1-4H3. The van der Waals surface area contributed by atoms with E-state index < -0.39 is 30.5 Å². The van der Waals surface area contributed by atoms with Crippen LogP contribution in [0.15, 0.2) is 47.6 Å². The fourth-order valence-corrected chi connectivity index (χ4v) is 2.70. The van der Waals surface area contributed by atoms with Crippen LogP contribution in [0, 0.1) is 17.8 Å². The van der Waals surface area contributed by atoms with Crippen LogP contribution < -0.4 is 0 Å². The molecule has 24 heavy (non-hydrogen) atoms. The van der Waals surface area contributed by atoms with Crippen LogP contribution in [-0.2, 0) is 4.79 Å². The van der Waals surface area contributed by atoms with Crippen molar-refractivity contribution in [3.05, 3.63) is 47.6 Å². The average Bonchev–Trinajstić information content (AvgIpc) is 2.50. The zero-order chi connectivity index (χ0) is 18.3. The summed E-state index contributed by atoms with van der Waals surface area (Å²) in [5, 5.41) is 29.3. The van der Waals surface area contributed by atoms with Crippen LogP contribution in [0.2, 0.25) is 0 Å². The maximum atomic E-state index is 11.9. The lowest BCUT2D eigenvalue weighted by Crippen LogP contribution is -2.43. The minimum absolute atomic E-state index is 0.0681. The van der Waals surface area contributed by atoms with Gasteiger partial charge in [0.2, 0.25) is 0 Å². The van der Waals surface area contributed by atoms with E-state index in [0.717, 1.165) is 12.0 Å². The molecule has 3 N–H and O–H groups in total. The zero-order valence-electron chi connectivity index (χ0n) is 15.0. The molecule has 134 valence electrons. The number of ketones is 1. The number of aliphatic hydroxyl groups is 3. The molecule has 0 fully saturated rings. The molecule has 0 amide bonds. The van der Waals surface area contributed by atoms with Gasteiger partial charge in [-0.1, -0.05) is 56.7 Å². The third-order valence-corrected chi connectivity index (χ3v) is 4.18. The molecule has 1 aliphatic carbocycles. The second kappa shape index (κ2) is 9.72. The van der Waals surface area contributed by atoms with Crippen LogP contribution in [0.4, 0.5) is 0 Å². The van der Waals surface area contributed by atoms with E-state index >= 15 is 0 Å². The number of aliphatic hydroxyl groups excluding tert-OH is 3. The van der Waals surface area contributed by atoms with Gasteiger partial charge in [-0.2, -0.15) is 0 Å². The van der Waals surface area contributed by atoms with Crippen molar-refractivity contribution in [2.75, 3.05) is 6.61 Å². The van der Waals surface area contributed by atoms with Crippen LogP contribution in [0.3, 0.4) is 0 Å². The predicted octanol–water partition coefficient (Wildman–Crippen LogP) is 2.57. The van der Waals surface area contributed by atoms with E-state index in [-0.39, 0.29) is 11.5 Å². The van der Waals surface area contributed by atoms with Crippen molar-refractivity contribution >= 4 is 5.78 Å². The Bertz CT molecular complexity index is 540. The van der Waals surface area contributed by atoms with Crippen molar-refractivity contribution in [1.29, 1.82) is 0 Å². The topological polar surface area (TPSA) is 77.8 Å². The quantitative estimate of drug-likeness (QED) is 0.494. The minimum Gasteiger partial charge on any atom is -0.392 e. The first-order valence-corrected chi connectivity index (χ1v) is 8.51. The molecule has 0 aromatic rings. The van der Waals surface area contributed by atoms with Crippen LogP contribution >= 0.6 is 0 Å². The molecule has 0 saturated carbocycles. The average molecular weight is 334 g/mol. The molecule has 0 spiro atoms. The lowest BCUT2D eigenvalue weighted by atomic mass is 9.79. The molecule has 4 nitrogen and oxygen atoms in total. The molecule has 1 aliphatic rings. The molecule has 0 aliphatic heterocycles. The first kappa shape index (κ1) is 20.6. The van der Waals surface area contributed by atoms with E-state index in [1.807, 2.05) is 18.2 Å². The molecule has 0 aromatic heterocycles. The molecule has 4 heteroatoms. The maximum absolute atomic E-state index is 11.9. The molecular weight excluding hydrogens is 304 g/mol. The summed E-state index contributed by atoms with van der Waals surface area (Å²) in [7, 11) is 0.